The summed E-state index contributed by atoms with van der Waals surface area (Å²) in [6, 6.07) is -2.25. The monoisotopic (exact) mass is 375 g/mol. The van der Waals surface area contributed by atoms with Gasteiger partial charge in [-0.25, -0.2) is 19.2 Å². The fourth-order valence-corrected chi connectivity index (χ4v) is 1.58. The predicted octanol–water partition coefficient (Wildman–Crippen LogP) is 2.95. The van der Waals surface area contributed by atoms with Gasteiger partial charge in [0.25, 0.3) is 0 Å². The summed E-state index contributed by atoms with van der Waals surface area (Å²) in [4.78, 5) is 49.0. The second-order valence-electron chi connectivity index (χ2n) is 8.60. The van der Waals surface area contributed by atoms with Gasteiger partial charge in [-0.2, -0.15) is 4.90 Å². The summed E-state index contributed by atoms with van der Waals surface area (Å²) in [6.07, 6.45) is -2.66. The molecular weight excluding hydrogens is 346 g/mol. The van der Waals surface area contributed by atoms with Crippen LogP contribution in [-0.4, -0.2) is 57.0 Å². The normalized spacial score (nSPS) is 13.4. The fraction of sp³-hybridized carbons (Fsp3) is 0.765. The summed E-state index contributed by atoms with van der Waals surface area (Å²) in [7, 11) is 0. The molecule has 0 spiro atoms. The number of ether oxygens (including phenoxy) is 3. The zero-order chi connectivity index (χ0) is 21.1. The maximum absolute atomic E-state index is 12.4. The van der Waals surface area contributed by atoms with E-state index in [1.165, 1.54) is 62.3 Å². The second kappa shape index (κ2) is 7.92. The molecule has 150 valence electrons. The van der Waals surface area contributed by atoms with Gasteiger partial charge in [-0.15, -0.1) is 0 Å². The Balaban J connectivity index is 5.97. The lowest BCUT2D eigenvalue weighted by Crippen LogP contribution is -2.56. The minimum Gasteiger partial charge on any atom is -0.479 e. The van der Waals surface area contributed by atoms with Crippen molar-refractivity contribution in [1.29, 1.82) is 0 Å². The molecule has 0 bridgehead atoms. The van der Waals surface area contributed by atoms with E-state index in [2.05, 4.69) is 0 Å². The quantitative estimate of drug-likeness (QED) is 0.454. The number of hydrogen-bond donors (Lipinski definition) is 1. The van der Waals surface area contributed by atoms with Crippen LogP contribution in [0.5, 0.6) is 0 Å². The number of carbonyl (C=O) groups excluding carboxylic acids is 3. The predicted molar refractivity (Wildman–Crippen MR) is 91.6 cm³/mol. The van der Waals surface area contributed by atoms with E-state index in [1.54, 1.807) is 0 Å². The lowest BCUT2D eigenvalue weighted by Gasteiger charge is -2.32. The molecule has 0 aliphatic heterocycles. The minimum absolute atomic E-state index is 0.118. The van der Waals surface area contributed by atoms with Gasteiger partial charge >= 0.3 is 24.1 Å². The molecule has 9 heteroatoms. The number of carbonyl (C=O) groups is 4. The highest BCUT2D eigenvalue weighted by molar-refractivity contribution is 6.06. The van der Waals surface area contributed by atoms with Crippen molar-refractivity contribution in [1.82, 2.24) is 4.90 Å². The van der Waals surface area contributed by atoms with Gasteiger partial charge in [0.2, 0.25) is 6.04 Å². The van der Waals surface area contributed by atoms with E-state index < -0.39 is 47.0 Å². The standard InChI is InChI=1S/C17H29NO8/c1-15(2,3)24-12(21)10(11(19)20)18(13(22)25-16(4,5)6)14(23)26-17(7,8)9/h10H,1-9H3,(H,19,20). The molecule has 0 heterocycles. The van der Waals surface area contributed by atoms with E-state index >= 15 is 0 Å². The second-order valence-corrected chi connectivity index (χ2v) is 8.60. The smallest absolute Gasteiger partial charge is 0.421 e. The molecule has 0 fully saturated rings. The molecule has 2 amide bonds. The van der Waals surface area contributed by atoms with Gasteiger partial charge in [-0.1, -0.05) is 0 Å². The molecule has 1 atom stereocenters. The third kappa shape index (κ3) is 8.68. The van der Waals surface area contributed by atoms with Crippen LogP contribution in [0, 0.1) is 0 Å². The zero-order valence-electron chi connectivity index (χ0n) is 16.8. The number of rotatable bonds is 3. The Hall–Kier alpha value is -2.32. The Morgan fingerprint density at radius 3 is 1.23 bits per heavy atom. The van der Waals surface area contributed by atoms with Crippen molar-refractivity contribution >= 4 is 24.1 Å². The molecule has 0 aromatic carbocycles. The molecule has 1 unspecified atom stereocenters. The van der Waals surface area contributed by atoms with Crippen LogP contribution in [0.4, 0.5) is 9.59 Å². The zero-order valence-corrected chi connectivity index (χ0v) is 16.8. The first kappa shape index (κ1) is 23.7. The van der Waals surface area contributed by atoms with E-state index in [-0.39, 0.29) is 4.90 Å². The molecule has 0 aliphatic carbocycles. The Bertz CT molecular complexity index is 535. The summed E-state index contributed by atoms with van der Waals surface area (Å²) in [5, 5.41) is 9.45. The number of aliphatic carboxylic acids is 1. The van der Waals surface area contributed by atoms with Gasteiger partial charge in [0.15, 0.2) is 0 Å². The summed E-state index contributed by atoms with van der Waals surface area (Å²) >= 11 is 0. The molecule has 0 rings (SSSR count). The lowest BCUT2D eigenvalue weighted by atomic mass is 10.1. The summed E-state index contributed by atoms with van der Waals surface area (Å²) in [5.74, 6) is -3.04. The number of carboxylic acids is 1. The number of imide groups is 1. The van der Waals surface area contributed by atoms with Crippen molar-refractivity contribution in [2.24, 2.45) is 0 Å². The fourth-order valence-electron chi connectivity index (χ4n) is 1.58. The highest BCUT2D eigenvalue weighted by Gasteiger charge is 2.46. The van der Waals surface area contributed by atoms with Gasteiger partial charge < -0.3 is 19.3 Å². The van der Waals surface area contributed by atoms with Crippen molar-refractivity contribution < 1.29 is 38.5 Å². The number of esters is 1. The average molecular weight is 375 g/mol. The maximum Gasteiger partial charge on any atom is 0.421 e. The van der Waals surface area contributed by atoms with Crippen LogP contribution in [-0.2, 0) is 23.8 Å². The third-order valence-electron chi connectivity index (χ3n) is 2.30. The van der Waals surface area contributed by atoms with Crippen LogP contribution in [0.25, 0.3) is 0 Å². The lowest BCUT2D eigenvalue weighted by molar-refractivity contribution is -0.168. The molecule has 9 nitrogen and oxygen atoms in total. The van der Waals surface area contributed by atoms with Crippen molar-refractivity contribution in [3.63, 3.8) is 0 Å². The van der Waals surface area contributed by atoms with Crippen LogP contribution in [0.3, 0.4) is 0 Å². The van der Waals surface area contributed by atoms with Gasteiger partial charge in [0.05, 0.1) is 0 Å². The number of nitrogens with zero attached hydrogens (tertiary/aromatic N) is 1. The van der Waals surface area contributed by atoms with E-state index in [0.29, 0.717) is 0 Å². The first-order valence-electron chi connectivity index (χ1n) is 8.05. The van der Waals surface area contributed by atoms with Crippen molar-refractivity contribution in [3.8, 4) is 0 Å². The Morgan fingerprint density at radius 2 is 1.00 bits per heavy atom. The molecule has 1 N–H and O–H groups in total. The molecule has 0 aliphatic rings. The van der Waals surface area contributed by atoms with Gasteiger partial charge in [-0.3, -0.25) is 0 Å². The van der Waals surface area contributed by atoms with Crippen molar-refractivity contribution in [3.05, 3.63) is 0 Å². The van der Waals surface area contributed by atoms with Crippen LogP contribution >= 0.6 is 0 Å². The number of carboxylic acid groups (broad SMARTS) is 1. The Morgan fingerprint density at radius 1 is 0.692 bits per heavy atom. The molecular formula is C17H29NO8. The van der Waals surface area contributed by atoms with Gasteiger partial charge in [0.1, 0.15) is 16.8 Å². The molecule has 26 heavy (non-hydrogen) atoms. The van der Waals surface area contributed by atoms with Crippen molar-refractivity contribution in [2.75, 3.05) is 0 Å². The van der Waals surface area contributed by atoms with E-state index in [9.17, 15) is 24.3 Å². The highest BCUT2D eigenvalue weighted by atomic mass is 16.6. The number of hydrogen-bond acceptors (Lipinski definition) is 7. The van der Waals surface area contributed by atoms with Crippen LogP contribution in [0.2, 0.25) is 0 Å². The first-order chi connectivity index (χ1) is 11.3. The summed E-state index contributed by atoms with van der Waals surface area (Å²) < 4.78 is 15.1. The van der Waals surface area contributed by atoms with E-state index in [4.69, 9.17) is 14.2 Å². The van der Waals surface area contributed by atoms with Gasteiger partial charge in [-0.05, 0) is 62.3 Å². The third-order valence-corrected chi connectivity index (χ3v) is 2.30. The molecule has 0 saturated heterocycles. The summed E-state index contributed by atoms with van der Waals surface area (Å²) in [5.41, 5.74) is -3.10. The summed E-state index contributed by atoms with van der Waals surface area (Å²) in [6.45, 7) is 13.7. The molecule has 0 aromatic heterocycles. The first-order valence-corrected chi connectivity index (χ1v) is 8.05. The van der Waals surface area contributed by atoms with Crippen molar-refractivity contribution in [2.45, 2.75) is 85.2 Å². The van der Waals surface area contributed by atoms with E-state index in [1.807, 2.05) is 0 Å². The van der Waals surface area contributed by atoms with Crippen LogP contribution in [0.1, 0.15) is 62.3 Å². The highest BCUT2D eigenvalue weighted by Crippen LogP contribution is 2.19. The maximum atomic E-state index is 12.4. The molecule has 0 aromatic rings. The largest absolute Gasteiger partial charge is 0.479 e. The Kier molecular flexibility index (Phi) is 7.22. The Labute approximate surface area is 153 Å². The van der Waals surface area contributed by atoms with Gasteiger partial charge in [0, 0.05) is 0 Å². The average Bonchev–Trinajstić information content (AvgIpc) is 2.27. The SMILES string of the molecule is CC(C)(C)OC(=O)C(C(=O)O)N(C(=O)OC(C)(C)C)C(=O)OC(C)(C)C. The van der Waals surface area contributed by atoms with Crippen LogP contribution < -0.4 is 0 Å². The minimum atomic E-state index is -2.25. The molecule has 0 radical (unpaired) electrons. The molecule has 0 saturated carbocycles. The van der Waals surface area contributed by atoms with E-state index in [0.717, 1.165) is 0 Å². The topological polar surface area (TPSA) is 119 Å². The van der Waals surface area contributed by atoms with Crippen LogP contribution in [0.15, 0.2) is 0 Å². The number of amides is 2.